The molecule has 0 bridgehead atoms. The van der Waals surface area contributed by atoms with Crippen LogP contribution in [-0.2, 0) is 14.3 Å². The number of hydrogen-bond acceptors (Lipinski definition) is 5. The largest absolute Gasteiger partial charge is 0.465 e. The van der Waals surface area contributed by atoms with E-state index >= 15 is 0 Å². The Morgan fingerprint density at radius 2 is 1.96 bits per heavy atom. The molecular weight excluding hydrogens is 342 g/mol. The van der Waals surface area contributed by atoms with Gasteiger partial charge in [-0.05, 0) is 18.9 Å². The standard InChI is InChI=1S/C21H27N3O3/c1-3-4-5-6-10-13-27-21(26)17(14-22)19(16-11-8-7-9-12-16)18-15(2)23-24-20(18)25/h7-9,11-12,17-19H,3-6,10,13H2,1-2H3,(H,24,25)/t17-,18-,19+/m1/s1. The Kier molecular flexibility index (Phi) is 8.00. The van der Waals surface area contributed by atoms with Gasteiger partial charge in [-0.15, -0.1) is 0 Å². The number of carbonyl (C=O) groups is 2. The van der Waals surface area contributed by atoms with Gasteiger partial charge in [-0.3, -0.25) is 9.59 Å². The van der Waals surface area contributed by atoms with Crippen molar-refractivity contribution in [1.29, 1.82) is 5.26 Å². The average molecular weight is 369 g/mol. The summed E-state index contributed by atoms with van der Waals surface area (Å²) in [5, 5.41) is 13.7. The number of hydrazone groups is 1. The number of nitriles is 1. The summed E-state index contributed by atoms with van der Waals surface area (Å²) in [6.07, 6.45) is 5.21. The van der Waals surface area contributed by atoms with E-state index in [1.54, 1.807) is 6.92 Å². The SMILES string of the molecule is CCCCCCCOC(=O)[C@H](C#N)[C@H](c1ccccc1)[C@@H]1C(=O)NN=C1C. The number of ether oxygens (including phenoxy) is 1. The number of nitrogens with one attached hydrogen (secondary N) is 1. The molecule has 3 atom stereocenters. The van der Waals surface area contributed by atoms with Gasteiger partial charge in [0.25, 0.3) is 0 Å². The van der Waals surface area contributed by atoms with E-state index in [-0.39, 0.29) is 5.91 Å². The maximum Gasteiger partial charge on any atom is 0.324 e. The molecule has 0 unspecified atom stereocenters. The topological polar surface area (TPSA) is 91.5 Å². The van der Waals surface area contributed by atoms with Crippen LogP contribution in [0, 0.1) is 23.2 Å². The molecule has 1 aliphatic rings. The molecule has 6 nitrogen and oxygen atoms in total. The molecule has 0 spiro atoms. The lowest BCUT2D eigenvalue weighted by atomic mass is 9.75. The van der Waals surface area contributed by atoms with E-state index < -0.39 is 23.7 Å². The highest BCUT2D eigenvalue weighted by molar-refractivity contribution is 6.08. The number of nitrogens with zero attached hydrogens (tertiary/aromatic N) is 2. The van der Waals surface area contributed by atoms with Crippen LogP contribution in [-0.4, -0.2) is 24.2 Å². The Bertz CT molecular complexity index is 709. The zero-order valence-electron chi connectivity index (χ0n) is 16.0. The summed E-state index contributed by atoms with van der Waals surface area (Å²) < 4.78 is 5.37. The zero-order chi connectivity index (χ0) is 19.6. The van der Waals surface area contributed by atoms with Crippen LogP contribution in [0.1, 0.15) is 57.4 Å². The van der Waals surface area contributed by atoms with E-state index in [0.717, 1.165) is 31.2 Å². The van der Waals surface area contributed by atoms with Gasteiger partial charge in [-0.1, -0.05) is 62.9 Å². The first kappa shape index (κ1) is 20.6. The summed E-state index contributed by atoms with van der Waals surface area (Å²) >= 11 is 0. The number of hydrogen-bond donors (Lipinski definition) is 1. The Morgan fingerprint density at radius 1 is 1.26 bits per heavy atom. The van der Waals surface area contributed by atoms with Crippen molar-refractivity contribution in [3.63, 3.8) is 0 Å². The molecule has 1 aromatic rings. The van der Waals surface area contributed by atoms with Gasteiger partial charge < -0.3 is 4.74 Å². The Balaban J connectivity index is 2.13. The van der Waals surface area contributed by atoms with Crippen LogP contribution in [0.5, 0.6) is 0 Å². The quantitative estimate of drug-likeness (QED) is 0.504. The van der Waals surface area contributed by atoms with Gasteiger partial charge in [0.1, 0.15) is 0 Å². The van der Waals surface area contributed by atoms with Crippen molar-refractivity contribution in [2.45, 2.75) is 51.9 Å². The van der Waals surface area contributed by atoms with Crippen LogP contribution in [0.3, 0.4) is 0 Å². The minimum Gasteiger partial charge on any atom is -0.465 e. The highest BCUT2D eigenvalue weighted by Gasteiger charge is 2.43. The maximum atomic E-state index is 12.6. The molecule has 0 fully saturated rings. The van der Waals surface area contributed by atoms with Gasteiger partial charge in [0.15, 0.2) is 5.92 Å². The summed E-state index contributed by atoms with van der Waals surface area (Å²) in [5.41, 5.74) is 3.77. The minimum absolute atomic E-state index is 0.297. The number of unbranched alkanes of at least 4 members (excludes halogenated alkanes) is 4. The molecule has 1 N–H and O–H groups in total. The summed E-state index contributed by atoms with van der Waals surface area (Å²) in [6.45, 7) is 4.17. The molecular formula is C21H27N3O3. The summed E-state index contributed by atoms with van der Waals surface area (Å²) in [5.74, 6) is -3.23. The van der Waals surface area contributed by atoms with E-state index in [9.17, 15) is 14.9 Å². The molecule has 0 saturated heterocycles. The van der Waals surface area contributed by atoms with Crippen LogP contribution in [0.15, 0.2) is 35.4 Å². The molecule has 1 aliphatic heterocycles. The van der Waals surface area contributed by atoms with Crippen molar-refractivity contribution >= 4 is 17.6 Å². The van der Waals surface area contributed by atoms with Crippen molar-refractivity contribution in [1.82, 2.24) is 5.43 Å². The Hall–Kier alpha value is -2.68. The van der Waals surface area contributed by atoms with E-state index in [2.05, 4.69) is 23.5 Å². The molecule has 1 aromatic carbocycles. The summed E-state index contributed by atoms with van der Waals surface area (Å²) in [7, 11) is 0. The third-order valence-electron chi connectivity index (χ3n) is 4.86. The van der Waals surface area contributed by atoms with Crippen LogP contribution in [0.4, 0.5) is 0 Å². The van der Waals surface area contributed by atoms with Crippen LogP contribution in [0.2, 0.25) is 0 Å². The molecule has 0 saturated carbocycles. The molecule has 1 amide bonds. The lowest BCUT2D eigenvalue weighted by Gasteiger charge is -2.25. The van der Waals surface area contributed by atoms with E-state index in [1.165, 1.54) is 6.42 Å². The van der Waals surface area contributed by atoms with Gasteiger partial charge in [0, 0.05) is 11.6 Å². The van der Waals surface area contributed by atoms with Gasteiger partial charge in [0.2, 0.25) is 5.91 Å². The first-order chi connectivity index (χ1) is 13.1. The van der Waals surface area contributed by atoms with E-state index in [4.69, 9.17) is 4.74 Å². The fraction of sp³-hybridized carbons (Fsp3) is 0.524. The van der Waals surface area contributed by atoms with Crippen molar-refractivity contribution in [3.8, 4) is 6.07 Å². The lowest BCUT2D eigenvalue weighted by Crippen LogP contribution is -2.36. The fourth-order valence-corrected chi connectivity index (χ4v) is 3.40. The number of benzene rings is 1. The first-order valence-electron chi connectivity index (χ1n) is 9.55. The maximum absolute atomic E-state index is 12.6. The van der Waals surface area contributed by atoms with E-state index in [0.29, 0.717) is 12.3 Å². The van der Waals surface area contributed by atoms with Crippen molar-refractivity contribution in [2.75, 3.05) is 6.61 Å². The van der Waals surface area contributed by atoms with Crippen LogP contribution >= 0.6 is 0 Å². The third kappa shape index (κ3) is 5.40. The van der Waals surface area contributed by atoms with Crippen molar-refractivity contribution in [3.05, 3.63) is 35.9 Å². The molecule has 0 aromatic heterocycles. The average Bonchev–Trinajstić information content (AvgIpc) is 3.01. The highest BCUT2D eigenvalue weighted by atomic mass is 16.5. The second kappa shape index (κ2) is 10.5. The predicted octanol–water partition coefficient (Wildman–Crippen LogP) is 3.55. The van der Waals surface area contributed by atoms with Gasteiger partial charge >= 0.3 is 5.97 Å². The van der Waals surface area contributed by atoms with E-state index in [1.807, 2.05) is 30.3 Å². The third-order valence-corrected chi connectivity index (χ3v) is 4.86. The number of carbonyl (C=O) groups excluding carboxylic acids is 2. The monoisotopic (exact) mass is 369 g/mol. The predicted molar refractivity (Wildman–Crippen MR) is 103 cm³/mol. The molecule has 0 radical (unpaired) electrons. The second-order valence-corrected chi connectivity index (χ2v) is 6.83. The highest BCUT2D eigenvalue weighted by Crippen LogP contribution is 2.35. The molecule has 0 aliphatic carbocycles. The molecule has 6 heteroatoms. The Morgan fingerprint density at radius 3 is 2.56 bits per heavy atom. The van der Waals surface area contributed by atoms with Crippen LogP contribution in [0.25, 0.3) is 0 Å². The van der Waals surface area contributed by atoms with Crippen LogP contribution < -0.4 is 5.43 Å². The normalized spacial score (nSPS) is 18.2. The molecule has 1 heterocycles. The summed E-state index contributed by atoms with van der Waals surface area (Å²) in [6, 6.07) is 11.2. The number of amides is 1. The molecule has 27 heavy (non-hydrogen) atoms. The zero-order valence-corrected chi connectivity index (χ0v) is 16.0. The van der Waals surface area contributed by atoms with Gasteiger partial charge in [0.05, 0.1) is 18.6 Å². The Labute approximate surface area is 160 Å². The van der Waals surface area contributed by atoms with Crippen molar-refractivity contribution in [2.24, 2.45) is 16.9 Å². The lowest BCUT2D eigenvalue weighted by molar-refractivity contribution is -0.147. The number of rotatable bonds is 10. The second-order valence-electron chi connectivity index (χ2n) is 6.83. The summed E-state index contributed by atoms with van der Waals surface area (Å²) in [4.78, 5) is 24.9. The van der Waals surface area contributed by atoms with Gasteiger partial charge in [-0.2, -0.15) is 10.4 Å². The smallest absolute Gasteiger partial charge is 0.324 e. The minimum atomic E-state index is -1.07. The first-order valence-corrected chi connectivity index (χ1v) is 9.55. The molecule has 144 valence electrons. The molecule has 2 rings (SSSR count). The van der Waals surface area contributed by atoms with Crippen molar-refractivity contribution < 1.29 is 14.3 Å². The fourth-order valence-electron chi connectivity index (χ4n) is 3.40. The van der Waals surface area contributed by atoms with Gasteiger partial charge in [-0.25, -0.2) is 5.43 Å². The number of esters is 1.